The van der Waals surface area contributed by atoms with E-state index in [9.17, 15) is 4.79 Å². The number of nitrogens with zero attached hydrogens (tertiary/aromatic N) is 1. The fourth-order valence-corrected chi connectivity index (χ4v) is 0.856. The van der Waals surface area contributed by atoms with Gasteiger partial charge in [0.1, 0.15) is 0 Å². The minimum Gasteiger partial charge on any atom is -0.368 e. The number of nitrogen functional groups attached to an aromatic ring is 1. The highest BCUT2D eigenvalue weighted by Crippen LogP contribution is 2.10. The highest BCUT2D eigenvalue weighted by molar-refractivity contribution is 5.93. The van der Waals surface area contributed by atoms with Crippen molar-refractivity contribution in [2.45, 2.75) is 32.7 Å². The fourth-order valence-electron chi connectivity index (χ4n) is 0.856. The van der Waals surface area contributed by atoms with Gasteiger partial charge >= 0.3 is 0 Å². The molecule has 1 rings (SSSR count). The first-order valence-corrected chi connectivity index (χ1v) is 4.49. The molecule has 78 valence electrons. The molecule has 14 heavy (non-hydrogen) atoms. The summed E-state index contributed by atoms with van der Waals surface area (Å²) in [5.74, 6) is -0.123. The van der Waals surface area contributed by atoms with E-state index in [1.54, 1.807) is 0 Å². The molecule has 5 heteroatoms. The van der Waals surface area contributed by atoms with Crippen molar-refractivity contribution in [1.82, 2.24) is 10.5 Å². The van der Waals surface area contributed by atoms with Crippen molar-refractivity contribution in [2.75, 3.05) is 5.73 Å². The predicted octanol–water partition coefficient (Wildman–Crippen LogP) is 1.18. The lowest BCUT2D eigenvalue weighted by Gasteiger charge is -2.23. The van der Waals surface area contributed by atoms with Crippen LogP contribution >= 0.6 is 0 Å². The number of nitrogens with two attached hydrogens (primary N) is 1. The van der Waals surface area contributed by atoms with E-state index in [1.165, 1.54) is 6.07 Å². The summed E-state index contributed by atoms with van der Waals surface area (Å²) in [5, 5.41) is 6.34. The number of carbonyl (C=O) groups is 1. The molecule has 0 aromatic carbocycles. The van der Waals surface area contributed by atoms with Crippen LogP contribution in [0.2, 0.25) is 0 Å². The van der Waals surface area contributed by atoms with E-state index in [0.717, 1.165) is 6.42 Å². The third-order valence-corrected chi connectivity index (χ3v) is 2.10. The Labute approximate surface area is 82.6 Å². The minimum atomic E-state index is -0.266. The SMILES string of the molecule is CCC(C)(C)NC(=O)c1cc(N)on1. The van der Waals surface area contributed by atoms with E-state index in [2.05, 4.69) is 15.0 Å². The zero-order valence-electron chi connectivity index (χ0n) is 8.63. The first-order chi connectivity index (χ1) is 6.44. The number of hydrogen-bond acceptors (Lipinski definition) is 4. The molecular weight excluding hydrogens is 182 g/mol. The number of amides is 1. The van der Waals surface area contributed by atoms with E-state index in [-0.39, 0.29) is 23.0 Å². The Morgan fingerprint density at radius 2 is 2.36 bits per heavy atom. The molecule has 0 saturated heterocycles. The van der Waals surface area contributed by atoms with Crippen molar-refractivity contribution in [3.05, 3.63) is 11.8 Å². The van der Waals surface area contributed by atoms with Crippen LogP contribution in [0.15, 0.2) is 10.6 Å². The van der Waals surface area contributed by atoms with Gasteiger partial charge in [-0.15, -0.1) is 0 Å². The molecule has 0 spiro atoms. The molecule has 0 unspecified atom stereocenters. The molecule has 0 fully saturated rings. The molecule has 0 radical (unpaired) electrons. The van der Waals surface area contributed by atoms with Crippen molar-refractivity contribution in [1.29, 1.82) is 0 Å². The first kappa shape index (κ1) is 10.6. The van der Waals surface area contributed by atoms with Gasteiger partial charge in [-0.3, -0.25) is 4.79 Å². The highest BCUT2D eigenvalue weighted by atomic mass is 16.5. The zero-order chi connectivity index (χ0) is 10.8. The van der Waals surface area contributed by atoms with E-state index in [0.29, 0.717) is 0 Å². The second-order valence-electron chi connectivity index (χ2n) is 3.81. The Bertz CT molecular complexity index is 331. The molecule has 0 atom stereocenters. The third-order valence-electron chi connectivity index (χ3n) is 2.10. The predicted molar refractivity (Wildman–Crippen MR) is 52.8 cm³/mol. The summed E-state index contributed by atoms with van der Waals surface area (Å²) in [6.45, 7) is 5.88. The number of nitrogens with one attached hydrogen (secondary N) is 1. The van der Waals surface area contributed by atoms with Crippen LogP contribution in [0.25, 0.3) is 0 Å². The molecule has 1 aromatic heterocycles. The fraction of sp³-hybridized carbons (Fsp3) is 0.556. The standard InChI is InChI=1S/C9H15N3O2/c1-4-9(2,3)11-8(13)6-5-7(10)14-12-6/h5H,4,10H2,1-3H3,(H,11,13). The van der Waals surface area contributed by atoms with Crippen LogP contribution in [0.4, 0.5) is 5.88 Å². The van der Waals surface area contributed by atoms with Crippen LogP contribution in [0.1, 0.15) is 37.7 Å². The lowest BCUT2D eigenvalue weighted by Crippen LogP contribution is -2.42. The van der Waals surface area contributed by atoms with E-state index in [4.69, 9.17) is 5.73 Å². The number of aromatic nitrogens is 1. The van der Waals surface area contributed by atoms with Gasteiger partial charge in [0.15, 0.2) is 5.69 Å². The lowest BCUT2D eigenvalue weighted by molar-refractivity contribution is 0.0902. The van der Waals surface area contributed by atoms with Crippen molar-refractivity contribution >= 4 is 11.8 Å². The van der Waals surface area contributed by atoms with Gasteiger partial charge in [-0.25, -0.2) is 0 Å². The van der Waals surface area contributed by atoms with Crippen LogP contribution in [0.5, 0.6) is 0 Å². The maximum Gasteiger partial charge on any atom is 0.273 e. The average Bonchev–Trinajstić information content (AvgIpc) is 2.51. The molecule has 3 N–H and O–H groups in total. The van der Waals surface area contributed by atoms with E-state index in [1.807, 2.05) is 20.8 Å². The summed E-state index contributed by atoms with van der Waals surface area (Å²) in [6.07, 6.45) is 0.839. The van der Waals surface area contributed by atoms with Gasteiger partial charge in [-0.2, -0.15) is 0 Å². The second kappa shape index (κ2) is 3.69. The van der Waals surface area contributed by atoms with Gasteiger partial charge in [0, 0.05) is 11.6 Å². The quantitative estimate of drug-likeness (QED) is 0.762. The molecule has 0 aliphatic carbocycles. The Balaban J connectivity index is 2.68. The number of anilines is 1. The van der Waals surface area contributed by atoms with Crippen LogP contribution in [0.3, 0.4) is 0 Å². The topological polar surface area (TPSA) is 81.2 Å². The number of hydrogen-bond donors (Lipinski definition) is 2. The van der Waals surface area contributed by atoms with E-state index < -0.39 is 0 Å². The second-order valence-corrected chi connectivity index (χ2v) is 3.81. The largest absolute Gasteiger partial charge is 0.368 e. The number of rotatable bonds is 3. The van der Waals surface area contributed by atoms with Gasteiger partial charge in [-0.05, 0) is 20.3 Å². The third kappa shape index (κ3) is 2.48. The summed E-state index contributed by atoms with van der Waals surface area (Å²) in [6, 6.07) is 1.40. The van der Waals surface area contributed by atoms with Crippen molar-refractivity contribution in [2.24, 2.45) is 0 Å². The summed E-state index contributed by atoms with van der Waals surface area (Å²) >= 11 is 0. The molecule has 1 heterocycles. The van der Waals surface area contributed by atoms with Gasteiger partial charge < -0.3 is 15.6 Å². The van der Waals surface area contributed by atoms with Gasteiger partial charge in [-0.1, -0.05) is 12.1 Å². The summed E-state index contributed by atoms with van der Waals surface area (Å²) in [5.41, 5.74) is 5.27. The van der Waals surface area contributed by atoms with Gasteiger partial charge in [0.05, 0.1) is 0 Å². The summed E-state index contributed by atoms with van der Waals surface area (Å²) in [7, 11) is 0. The molecular formula is C9H15N3O2. The minimum absolute atomic E-state index is 0.143. The van der Waals surface area contributed by atoms with Crippen molar-refractivity contribution < 1.29 is 9.32 Å². The van der Waals surface area contributed by atoms with E-state index >= 15 is 0 Å². The summed E-state index contributed by atoms with van der Waals surface area (Å²) < 4.78 is 4.60. The highest BCUT2D eigenvalue weighted by Gasteiger charge is 2.20. The smallest absolute Gasteiger partial charge is 0.273 e. The lowest BCUT2D eigenvalue weighted by atomic mass is 10.0. The Kier molecular flexibility index (Phi) is 2.78. The molecule has 5 nitrogen and oxygen atoms in total. The summed E-state index contributed by atoms with van der Waals surface area (Å²) in [4.78, 5) is 11.5. The van der Waals surface area contributed by atoms with Crippen LogP contribution in [0, 0.1) is 0 Å². The Hall–Kier alpha value is -1.52. The first-order valence-electron chi connectivity index (χ1n) is 4.49. The van der Waals surface area contributed by atoms with Crippen LogP contribution in [-0.4, -0.2) is 16.6 Å². The van der Waals surface area contributed by atoms with Crippen molar-refractivity contribution in [3.63, 3.8) is 0 Å². The monoisotopic (exact) mass is 197 g/mol. The van der Waals surface area contributed by atoms with Crippen LogP contribution < -0.4 is 11.1 Å². The number of carbonyl (C=O) groups excluding carboxylic acids is 1. The molecule has 0 aliphatic heterocycles. The van der Waals surface area contributed by atoms with Crippen LogP contribution in [-0.2, 0) is 0 Å². The normalized spacial score (nSPS) is 11.4. The average molecular weight is 197 g/mol. The van der Waals surface area contributed by atoms with Gasteiger partial charge in [0.25, 0.3) is 5.91 Å². The zero-order valence-corrected chi connectivity index (χ0v) is 8.63. The molecule has 0 saturated carbocycles. The molecule has 0 bridgehead atoms. The van der Waals surface area contributed by atoms with Gasteiger partial charge in [0.2, 0.25) is 5.88 Å². The van der Waals surface area contributed by atoms with Crippen molar-refractivity contribution in [3.8, 4) is 0 Å². The maximum atomic E-state index is 11.5. The molecule has 1 aromatic rings. The molecule has 0 aliphatic rings. The Morgan fingerprint density at radius 3 is 2.79 bits per heavy atom. The molecule has 1 amide bonds. The maximum absolute atomic E-state index is 11.5. The Morgan fingerprint density at radius 1 is 1.71 bits per heavy atom.